The van der Waals surface area contributed by atoms with Gasteiger partial charge in [-0.05, 0) is 31.7 Å². The summed E-state index contributed by atoms with van der Waals surface area (Å²) < 4.78 is 25.5. The maximum Gasteiger partial charge on any atom is 0.193 e. The summed E-state index contributed by atoms with van der Waals surface area (Å²) in [6, 6.07) is 8.61. The van der Waals surface area contributed by atoms with E-state index in [0.717, 1.165) is 38.4 Å². The van der Waals surface area contributed by atoms with Gasteiger partial charge >= 0.3 is 0 Å². The minimum Gasteiger partial charge on any atom is -0.357 e. The van der Waals surface area contributed by atoms with Crippen molar-refractivity contribution in [3.05, 3.63) is 30.5 Å². The van der Waals surface area contributed by atoms with E-state index < -0.39 is 9.84 Å². The monoisotopic (exact) mass is 517 g/mol. The molecule has 2 aliphatic heterocycles. The Kier molecular flexibility index (Phi) is 6.85. The predicted octanol–water partition coefficient (Wildman–Crippen LogP) is 2.30. The minimum atomic E-state index is -2.85. The van der Waals surface area contributed by atoms with Gasteiger partial charge in [0.15, 0.2) is 15.8 Å². The Bertz CT molecular complexity index is 943. The first-order valence-electron chi connectivity index (χ1n) is 9.71. The summed E-state index contributed by atoms with van der Waals surface area (Å²) in [6.07, 6.45) is 3.68. The zero-order valence-electron chi connectivity index (χ0n) is 16.1. The van der Waals surface area contributed by atoms with Gasteiger partial charge in [-0.25, -0.2) is 8.42 Å². The van der Waals surface area contributed by atoms with E-state index in [1.165, 1.54) is 10.9 Å². The highest BCUT2D eigenvalue weighted by Crippen LogP contribution is 2.26. The van der Waals surface area contributed by atoms with Crippen LogP contribution >= 0.6 is 24.0 Å². The molecule has 2 saturated heterocycles. The number of hydrogen-bond acceptors (Lipinski definition) is 4. The van der Waals surface area contributed by atoms with Crippen LogP contribution in [-0.4, -0.2) is 66.7 Å². The first-order chi connectivity index (χ1) is 13.1. The third kappa shape index (κ3) is 4.61. The number of sulfone groups is 1. The second-order valence-electron chi connectivity index (χ2n) is 7.50. The van der Waals surface area contributed by atoms with Crippen molar-refractivity contribution in [3.63, 3.8) is 0 Å². The molecule has 2 aliphatic rings. The van der Waals surface area contributed by atoms with Crippen molar-refractivity contribution in [2.75, 3.05) is 37.7 Å². The van der Waals surface area contributed by atoms with Gasteiger partial charge in [-0.15, -0.1) is 24.0 Å². The van der Waals surface area contributed by atoms with E-state index in [1.54, 1.807) is 0 Å². The number of nitrogens with one attached hydrogen (secondary N) is 1. The molecule has 0 saturated carbocycles. The molecule has 9 heteroatoms. The first kappa shape index (κ1) is 21.4. The zero-order chi connectivity index (χ0) is 18.9. The van der Waals surface area contributed by atoms with Crippen LogP contribution < -0.4 is 5.32 Å². The summed E-state index contributed by atoms with van der Waals surface area (Å²) in [5.41, 5.74) is 1.17. The van der Waals surface area contributed by atoms with Gasteiger partial charge in [0.25, 0.3) is 0 Å². The van der Waals surface area contributed by atoms with Crippen molar-refractivity contribution < 1.29 is 8.42 Å². The van der Waals surface area contributed by atoms with Gasteiger partial charge in [0.2, 0.25) is 0 Å². The summed E-state index contributed by atoms with van der Waals surface area (Å²) in [5.74, 6) is 1.62. The number of para-hydroxylation sites is 1. The Morgan fingerprint density at radius 2 is 2.14 bits per heavy atom. The molecule has 0 radical (unpaired) electrons. The molecule has 0 spiro atoms. The number of likely N-dealkylation sites (tertiary alicyclic amines) is 1. The third-order valence-corrected chi connectivity index (χ3v) is 7.31. The lowest BCUT2D eigenvalue weighted by Crippen LogP contribution is -2.40. The fourth-order valence-corrected chi connectivity index (χ4v) is 5.92. The molecule has 2 aromatic rings. The van der Waals surface area contributed by atoms with Gasteiger partial charge in [0.05, 0.1) is 29.3 Å². The summed E-state index contributed by atoms with van der Waals surface area (Å²) >= 11 is 0. The van der Waals surface area contributed by atoms with Crippen LogP contribution in [0.5, 0.6) is 0 Å². The van der Waals surface area contributed by atoms with Gasteiger partial charge in [-0.3, -0.25) is 9.67 Å². The summed E-state index contributed by atoms with van der Waals surface area (Å²) in [4.78, 5) is 7.03. The first-order valence-corrected chi connectivity index (χ1v) is 11.5. The molecule has 4 rings (SSSR count). The molecule has 3 heterocycles. The number of benzene rings is 1. The molecule has 1 aromatic carbocycles. The van der Waals surface area contributed by atoms with E-state index in [1.807, 2.05) is 12.3 Å². The van der Waals surface area contributed by atoms with Crippen molar-refractivity contribution >= 4 is 50.7 Å². The molecular weight excluding hydrogens is 489 g/mol. The Morgan fingerprint density at radius 3 is 2.89 bits per heavy atom. The molecule has 0 amide bonds. The van der Waals surface area contributed by atoms with Crippen LogP contribution in [0.1, 0.15) is 25.8 Å². The van der Waals surface area contributed by atoms with Gasteiger partial charge in [0, 0.05) is 31.6 Å². The molecule has 154 valence electrons. The van der Waals surface area contributed by atoms with Crippen molar-refractivity contribution in [3.8, 4) is 0 Å². The fraction of sp³-hybridized carbons (Fsp3) is 0.579. The predicted molar refractivity (Wildman–Crippen MR) is 123 cm³/mol. The number of guanidine groups is 1. The maximum absolute atomic E-state index is 11.7. The summed E-state index contributed by atoms with van der Waals surface area (Å²) in [5, 5.41) is 9.14. The highest BCUT2D eigenvalue weighted by Gasteiger charge is 2.30. The molecule has 0 aliphatic carbocycles. The quantitative estimate of drug-likeness (QED) is 0.383. The van der Waals surface area contributed by atoms with E-state index in [9.17, 15) is 8.42 Å². The highest BCUT2D eigenvalue weighted by molar-refractivity contribution is 14.0. The Labute approximate surface area is 183 Å². The van der Waals surface area contributed by atoms with Gasteiger partial charge < -0.3 is 10.2 Å². The number of aromatic nitrogens is 2. The average molecular weight is 517 g/mol. The van der Waals surface area contributed by atoms with Crippen LogP contribution in [-0.2, 0) is 9.84 Å². The summed E-state index contributed by atoms with van der Waals surface area (Å²) in [6.45, 7) is 5.22. The summed E-state index contributed by atoms with van der Waals surface area (Å²) in [7, 11) is -2.85. The Balaban J connectivity index is 0.00000225. The molecule has 2 atom stereocenters. The van der Waals surface area contributed by atoms with Crippen molar-refractivity contribution in [2.24, 2.45) is 10.9 Å². The molecule has 7 nitrogen and oxygen atoms in total. The SMILES string of the molecule is CCNC(=NCC1CCS(=O)(=O)C1)N1CCC(n2ncc3ccccc32)C1.I. The van der Waals surface area contributed by atoms with Gasteiger partial charge in [-0.1, -0.05) is 18.2 Å². The van der Waals surface area contributed by atoms with Crippen LogP contribution in [0.4, 0.5) is 0 Å². The van der Waals surface area contributed by atoms with E-state index in [-0.39, 0.29) is 35.6 Å². The molecule has 28 heavy (non-hydrogen) atoms. The number of hydrogen-bond donors (Lipinski definition) is 1. The third-order valence-electron chi connectivity index (χ3n) is 5.47. The normalized spacial score (nSPS) is 24.5. The maximum atomic E-state index is 11.7. The number of aliphatic imine (C=N–C) groups is 1. The van der Waals surface area contributed by atoms with Crippen LogP contribution in [0, 0.1) is 5.92 Å². The van der Waals surface area contributed by atoms with E-state index in [4.69, 9.17) is 4.99 Å². The van der Waals surface area contributed by atoms with Gasteiger partial charge in [-0.2, -0.15) is 5.10 Å². The van der Waals surface area contributed by atoms with Crippen LogP contribution in [0.15, 0.2) is 35.5 Å². The van der Waals surface area contributed by atoms with Crippen LogP contribution in [0.2, 0.25) is 0 Å². The standard InChI is InChI=1S/C19H27N5O2S.HI/c1-2-20-19(21-11-15-8-10-27(25,26)14-15)23-9-7-17(13-23)24-18-6-4-3-5-16(18)12-22-24;/h3-6,12,15,17H,2,7-11,13-14H2,1H3,(H,20,21);1H. The second-order valence-corrected chi connectivity index (χ2v) is 9.73. The van der Waals surface area contributed by atoms with Crippen LogP contribution in [0.25, 0.3) is 10.9 Å². The number of rotatable bonds is 4. The molecular formula is C19H28IN5O2S. The molecule has 2 fully saturated rings. The fourth-order valence-electron chi connectivity index (χ4n) is 4.07. The topological polar surface area (TPSA) is 79.6 Å². The number of halogens is 1. The smallest absolute Gasteiger partial charge is 0.193 e. The van der Waals surface area contributed by atoms with E-state index >= 15 is 0 Å². The lowest BCUT2D eigenvalue weighted by Gasteiger charge is -2.22. The van der Waals surface area contributed by atoms with E-state index in [2.05, 4.69) is 45.1 Å². The van der Waals surface area contributed by atoms with Crippen molar-refractivity contribution in [1.29, 1.82) is 0 Å². The lowest BCUT2D eigenvalue weighted by molar-refractivity contribution is 0.438. The van der Waals surface area contributed by atoms with Gasteiger partial charge in [0.1, 0.15) is 0 Å². The Hall–Kier alpha value is -1.36. The molecule has 1 aromatic heterocycles. The van der Waals surface area contributed by atoms with E-state index in [0.29, 0.717) is 18.3 Å². The average Bonchev–Trinajstić information content (AvgIpc) is 3.36. The molecule has 0 bridgehead atoms. The molecule has 2 unspecified atom stereocenters. The Morgan fingerprint density at radius 1 is 1.32 bits per heavy atom. The minimum absolute atomic E-state index is 0. The lowest BCUT2D eigenvalue weighted by atomic mass is 10.1. The number of nitrogens with zero attached hydrogens (tertiary/aromatic N) is 4. The second kappa shape index (κ2) is 8.98. The van der Waals surface area contributed by atoms with Crippen LogP contribution in [0.3, 0.4) is 0 Å². The molecule has 1 N–H and O–H groups in total. The highest BCUT2D eigenvalue weighted by atomic mass is 127. The number of fused-ring (bicyclic) bond motifs is 1. The van der Waals surface area contributed by atoms with Crippen molar-refractivity contribution in [1.82, 2.24) is 20.0 Å². The van der Waals surface area contributed by atoms with Crippen molar-refractivity contribution in [2.45, 2.75) is 25.8 Å². The largest absolute Gasteiger partial charge is 0.357 e. The zero-order valence-corrected chi connectivity index (χ0v) is 19.3.